The lowest BCUT2D eigenvalue weighted by Gasteiger charge is -2.25. The molecule has 0 aromatic carbocycles. The number of ether oxygens (including phenoxy) is 2. The smallest absolute Gasteiger partial charge is 0.237 e. The average Bonchev–Trinajstić information content (AvgIpc) is 2.42. The van der Waals surface area contributed by atoms with Crippen LogP contribution in [0.4, 0.5) is 0 Å². The zero-order valence-electron chi connectivity index (χ0n) is 11.7. The Hall–Kier alpha value is -0.650. The van der Waals surface area contributed by atoms with E-state index in [0.29, 0.717) is 26.4 Å². The maximum Gasteiger partial charge on any atom is 0.237 e. The Morgan fingerprint density at radius 2 is 2.06 bits per heavy atom. The van der Waals surface area contributed by atoms with Crippen molar-refractivity contribution in [3.8, 4) is 0 Å². The van der Waals surface area contributed by atoms with Gasteiger partial charge in [0.15, 0.2) is 0 Å². The number of hydrogen-bond donors (Lipinski definition) is 2. The summed E-state index contributed by atoms with van der Waals surface area (Å²) in [6.45, 7) is 8.61. The highest BCUT2D eigenvalue weighted by Gasteiger charge is 2.19. The molecular formula is C13H26N2O3. The second-order valence-electron chi connectivity index (χ2n) is 4.72. The maximum absolute atomic E-state index is 11.9. The highest BCUT2D eigenvalue weighted by atomic mass is 16.6. The molecule has 0 saturated carbocycles. The van der Waals surface area contributed by atoms with Crippen molar-refractivity contribution in [1.82, 2.24) is 10.6 Å². The summed E-state index contributed by atoms with van der Waals surface area (Å²) in [5.41, 5.74) is 0. The largest absolute Gasteiger partial charge is 0.376 e. The first kappa shape index (κ1) is 15.4. The molecule has 2 N–H and O–H groups in total. The van der Waals surface area contributed by atoms with E-state index in [2.05, 4.69) is 24.5 Å². The molecule has 5 nitrogen and oxygen atoms in total. The van der Waals surface area contributed by atoms with Crippen LogP contribution in [0.2, 0.25) is 0 Å². The van der Waals surface area contributed by atoms with Crippen LogP contribution in [-0.2, 0) is 14.3 Å². The summed E-state index contributed by atoms with van der Waals surface area (Å²) in [5.74, 6) is 0.0560. The van der Waals surface area contributed by atoms with Crippen LogP contribution in [0, 0.1) is 0 Å². The molecule has 2 unspecified atom stereocenters. The molecule has 1 aliphatic heterocycles. The van der Waals surface area contributed by atoms with Crippen LogP contribution < -0.4 is 10.6 Å². The molecule has 0 aromatic heterocycles. The lowest BCUT2D eigenvalue weighted by molar-refractivity contribution is -0.124. The van der Waals surface area contributed by atoms with Crippen LogP contribution in [0.15, 0.2) is 0 Å². The lowest BCUT2D eigenvalue weighted by atomic mass is 10.1. The third-order valence-electron chi connectivity index (χ3n) is 3.26. The molecule has 0 aliphatic carbocycles. The Labute approximate surface area is 110 Å². The fourth-order valence-electron chi connectivity index (χ4n) is 1.87. The van der Waals surface area contributed by atoms with Gasteiger partial charge in [0.05, 0.1) is 32.0 Å². The van der Waals surface area contributed by atoms with Crippen molar-refractivity contribution in [3.05, 3.63) is 0 Å². The van der Waals surface area contributed by atoms with Gasteiger partial charge in [-0.15, -0.1) is 0 Å². The zero-order chi connectivity index (χ0) is 13.4. The van der Waals surface area contributed by atoms with E-state index in [1.807, 2.05) is 6.92 Å². The van der Waals surface area contributed by atoms with Gasteiger partial charge < -0.3 is 20.1 Å². The first-order valence-corrected chi connectivity index (χ1v) is 6.90. The third kappa shape index (κ3) is 5.33. The molecule has 0 radical (unpaired) electrons. The molecule has 1 rings (SSSR count). The van der Waals surface area contributed by atoms with Gasteiger partial charge in [-0.2, -0.15) is 0 Å². The fraction of sp³-hybridized carbons (Fsp3) is 0.923. The summed E-state index contributed by atoms with van der Waals surface area (Å²) < 4.78 is 10.8. The molecule has 0 aromatic rings. The van der Waals surface area contributed by atoms with Gasteiger partial charge in [-0.05, 0) is 19.8 Å². The van der Waals surface area contributed by atoms with Crippen molar-refractivity contribution in [2.24, 2.45) is 0 Å². The van der Waals surface area contributed by atoms with Gasteiger partial charge in [0, 0.05) is 12.6 Å². The molecule has 106 valence electrons. The molecule has 1 aliphatic rings. The number of carbonyl (C=O) groups is 1. The predicted molar refractivity (Wildman–Crippen MR) is 70.5 cm³/mol. The first-order valence-electron chi connectivity index (χ1n) is 6.90. The van der Waals surface area contributed by atoms with Crippen LogP contribution >= 0.6 is 0 Å². The molecule has 5 heteroatoms. The quantitative estimate of drug-likeness (QED) is 0.705. The van der Waals surface area contributed by atoms with E-state index in [9.17, 15) is 4.79 Å². The standard InChI is InChI=1S/C13H26N2O3/c1-4-11(5-2)15-13(16)10(3)14-8-12-9-17-6-7-18-12/h10-12,14H,4-9H2,1-3H3,(H,15,16). The van der Waals surface area contributed by atoms with Crippen molar-refractivity contribution >= 4 is 5.91 Å². The van der Waals surface area contributed by atoms with E-state index < -0.39 is 0 Å². The minimum atomic E-state index is -0.198. The number of carbonyl (C=O) groups excluding carboxylic acids is 1. The van der Waals surface area contributed by atoms with Crippen molar-refractivity contribution in [2.75, 3.05) is 26.4 Å². The Balaban J connectivity index is 2.22. The van der Waals surface area contributed by atoms with E-state index in [-0.39, 0.29) is 24.1 Å². The second kappa shape index (κ2) is 8.45. The number of hydrogen-bond acceptors (Lipinski definition) is 4. The Morgan fingerprint density at radius 1 is 1.33 bits per heavy atom. The lowest BCUT2D eigenvalue weighted by Crippen LogP contribution is -2.49. The molecule has 2 atom stereocenters. The molecule has 1 fully saturated rings. The van der Waals surface area contributed by atoms with Crippen molar-refractivity contribution in [1.29, 1.82) is 0 Å². The molecular weight excluding hydrogens is 232 g/mol. The van der Waals surface area contributed by atoms with Crippen LogP contribution in [-0.4, -0.2) is 50.5 Å². The van der Waals surface area contributed by atoms with Crippen LogP contribution in [0.25, 0.3) is 0 Å². The predicted octanol–water partition coefficient (Wildman–Crippen LogP) is 0.685. The van der Waals surface area contributed by atoms with Crippen molar-refractivity contribution in [3.63, 3.8) is 0 Å². The number of amides is 1. The summed E-state index contributed by atoms with van der Waals surface area (Å²) in [5, 5.41) is 6.22. The summed E-state index contributed by atoms with van der Waals surface area (Å²) in [4.78, 5) is 11.9. The minimum absolute atomic E-state index is 0.0560. The van der Waals surface area contributed by atoms with E-state index >= 15 is 0 Å². The fourth-order valence-corrected chi connectivity index (χ4v) is 1.87. The minimum Gasteiger partial charge on any atom is -0.376 e. The van der Waals surface area contributed by atoms with E-state index in [0.717, 1.165) is 12.8 Å². The number of nitrogens with one attached hydrogen (secondary N) is 2. The Morgan fingerprint density at radius 3 is 2.61 bits per heavy atom. The van der Waals surface area contributed by atoms with Crippen LogP contribution in [0.1, 0.15) is 33.6 Å². The molecule has 0 bridgehead atoms. The maximum atomic E-state index is 11.9. The molecule has 1 amide bonds. The SMILES string of the molecule is CCC(CC)NC(=O)C(C)NCC1COCCO1. The molecule has 1 saturated heterocycles. The number of rotatable bonds is 7. The van der Waals surface area contributed by atoms with E-state index in [4.69, 9.17) is 9.47 Å². The van der Waals surface area contributed by atoms with Gasteiger partial charge >= 0.3 is 0 Å². The normalized spacial score (nSPS) is 21.9. The second-order valence-corrected chi connectivity index (χ2v) is 4.72. The average molecular weight is 258 g/mol. The van der Waals surface area contributed by atoms with Crippen molar-refractivity contribution in [2.45, 2.75) is 51.8 Å². The highest BCUT2D eigenvalue weighted by molar-refractivity contribution is 5.81. The zero-order valence-corrected chi connectivity index (χ0v) is 11.7. The van der Waals surface area contributed by atoms with Gasteiger partial charge in [-0.25, -0.2) is 0 Å². The van der Waals surface area contributed by atoms with Gasteiger partial charge in [0.2, 0.25) is 5.91 Å². The van der Waals surface area contributed by atoms with Gasteiger partial charge in [0.25, 0.3) is 0 Å². The highest BCUT2D eigenvalue weighted by Crippen LogP contribution is 2.00. The topological polar surface area (TPSA) is 59.6 Å². The third-order valence-corrected chi connectivity index (χ3v) is 3.26. The van der Waals surface area contributed by atoms with E-state index in [1.165, 1.54) is 0 Å². The molecule has 1 heterocycles. The van der Waals surface area contributed by atoms with Gasteiger partial charge in [-0.3, -0.25) is 4.79 Å². The molecule has 18 heavy (non-hydrogen) atoms. The summed E-state index contributed by atoms with van der Waals surface area (Å²) in [7, 11) is 0. The monoisotopic (exact) mass is 258 g/mol. The molecule has 0 spiro atoms. The first-order chi connectivity index (χ1) is 8.67. The van der Waals surface area contributed by atoms with Gasteiger partial charge in [0.1, 0.15) is 0 Å². The summed E-state index contributed by atoms with van der Waals surface area (Å²) in [6, 6.07) is 0.0761. The van der Waals surface area contributed by atoms with Gasteiger partial charge in [-0.1, -0.05) is 13.8 Å². The summed E-state index contributed by atoms with van der Waals surface area (Å²) >= 11 is 0. The van der Waals surface area contributed by atoms with Crippen LogP contribution in [0.3, 0.4) is 0 Å². The van der Waals surface area contributed by atoms with Crippen molar-refractivity contribution < 1.29 is 14.3 Å². The van der Waals surface area contributed by atoms with Crippen LogP contribution in [0.5, 0.6) is 0 Å². The summed E-state index contributed by atoms with van der Waals surface area (Å²) in [6.07, 6.45) is 1.99. The Bertz CT molecular complexity index is 238. The van der Waals surface area contributed by atoms with E-state index in [1.54, 1.807) is 0 Å². The Kier molecular flexibility index (Phi) is 7.23.